The Morgan fingerprint density at radius 3 is 2.66 bits per heavy atom. The van der Waals surface area contributed by atoms with Crippen molar-refractivity contribution in [2.24, 2.45) is 0 Å². The van der Waals surface area contributed by atoms with Gasteiger partial charge in [0.2, 0.25) is 0 Å². The number of nitrogens with one attached hydrogen (secondary N) is 1. The van der Waals surface area contributed by atoms with Crippen LogP contribution in [0.25, 0.3) is 16.2 Å². The van der Waals surface area contributed by atoms with Crippen LogP contribution in [0.3, 0.4) is 0 Å². The first-order valence-electron chi connectivity index (χ1n) is 11.3. The molecule has 2 amide bonds. The van der Waals surface area contributed by atoms with Crippen LogP contribution in [0.4, 0.5) is 10.5 Å². The Hall–Kier alpha value is -3.49. The summed E-state index contributed by atoms with van der Waals surface area (Å²) in [6.45, 7) is 3.02. The average molecular weight is 503 g/mol. The molecule has 6 nitrogen and oxygen atoms in total. The maximum atomic E-state index is 13.2. The van der Waals surface area contributed by atoms with Crippen molar-refractivity contribution in [2.45, 2.75) is 24.8 Å². The van der Waals surface area contributed by atoms with Crippen molar-refractivity contribution in [1.29, 1.82) is 0 Å². The number of nitrogens with zero attached hydrogens (tertiary/aromatic N) is 3. The van der Waals surface area contributed by atoms with Crippen molar-refractivity contribution in [3.63, 3.8) is 0 Å². The van der Waals surface area contributed by atoms with Crippen molar-refractivity contribution in [1.82, 2.24) is 14.3 Å². The Balaban J connectivity index is 1.32. The van der Waals surface area contributed by atoms with Crippen LogP contribution in [0.2, 0.25) is 0 Å². The lowest BCUT2D eigenvalue weighted by Crippen LogP contribution is -2.36. The molecule has 0 aliphatic heterocycles. The molecule has 0 bridgehead atoms. The number of rotatable bonds is 8. The fourth-order valence-electron chi connectivity index (χ4n) is 3.84. The topological polar surface area (TPSA) is 62.8 Å². The summed E-state index contributed by atoms with van der Waals surface area (Å²) in [5, 5.41) is 5.14. The smallest absolute Gasteiger partial charge is 0.322 e. The molecule has 35 heavy (non-hydrogen) atoms. The van der Waals surface area contributed by atoms with Crippen LogP contribution >= 0.6 is 23.1 Å². The Morgan fingerprint density at radius 2 is 1.94 bits per heavy atom. The normalized spacial score (nSPS) is 11.1. The summed E-state index contributed by atoms with van der Waals surface area (Å²) in [6, 6.07) is 19.8. The second kappa shape index (κ2) is 10.4. The number of aryl methyl sites for hydroxylation is 1. The van der Waals surface area contributed by atoms with E-state index in [1.54, 1.807) is 34.3 Å². The fourth-order valence-corrected chi connectivity index (χ4v) is 5.16. The Labute approximate surface area is 212 Å². The predicted molar refractivity (Wildman–Crippen MR) is 143 cm³/mol. The molecule has 0 aliphatic rings. The molecule has 2 aromatic carbocycles. The van der Waals surface area contributed by atoms with Gasteiger partial charge < -0.3 is 14.6 Å². The van der Waals surface area contributed by atoms with Crippen molar-refractivity contribution >= 4 is 39.8 Å². The highest BCUT2D eigenvalue weighted by molar-refractivity contribution is 7.98. The second-order valence-corrected chi connectivity index (χ2v) is 10.00. The van der Waals surface area contributed by atoms with Gasteiger partial charge in [0.15, 0.2) is 4.96 Å². The zero-order valence-corrected chi connectivity index (χ0v) is 21.2. The molecular formula is C27H26N4O2S2. The van der Waals surface area contributed by atoms with Crippen molar-refractivity contribution < 1.29 is 9.21 Å². The van der Waals surface area contributed by atoms with Crippen LogP contribution < -0.4 is 5.32 Å². The highest BCUT2D eigenvalue weighted by Gasteiger charge is 2.17. The molecule has 1 N–H and O–H groups in total. The number of furan rings is 1. The summed E-state index contributed by atoms with van der Waals surface area (Å²) >= 11 is 3.29. The van der Waals surface area contributed by atoms with Gasteiger partial charge in [-0.2, -0.15) is 0 Å². The molecule has 3 aromatic heterocycles. The number of thiazole rings is 1. The zero-order valence-electron chi connectivity index (χ0n) is 19.6. The maximum absolute atomic E-state index is 13.2. The molecule has 0 saturated carbocycles. The second-order valence-electron chi connectivity index (χ2n) is 8.28. The van der Waals surface area contributed by atoms with E-state index in [2.05, 4.69) is 52.5 Å². The van der Waals surface area contributed by atoms with E-state index in [1.807, 2.05) is 42.7 Å². The lowest BCUT2D eigenvalue weighted by Gasteiger charge is -2.22. The van der Waals surface area contributed by atoms with Crippen molar-refractivity contribution in [2.75, 3.05) is 18.1 Å². The number of hydrogen-bond donors (Lipinski definition) is 1. The number of thioether (sulfide) groups is 1. The molecule has 5 rings (SSSR count). The molecule has 5 aromatic rings. The number of imidazole rings is 1. The van der Waals surface area contributed by atoms with Gasteiger partial charge in [-0.05, 0) is 49.6 Å². The highest BCUT2D eigenvalue weighted by atomic mass is 32.2. The van der Waals surface area contributed by atoms with Gasteiger partial charge >= 0.3 is 6.03 Å². The molecule has 0 radical (unpaired) electrons. The first kappa shape index (κ1) is 23.3. The molecule has 178 valence electrons. The number of benzene rings is 2. The number of urea groups is 1. The van der Waals surface area contributed by atoms with Gasteiger partial charge in [-0.25, -0.2) is 9.78 Å². The van der Waals surface area contributed by atoms with Crippen LogP contribution in [0.1, 0.15) is 17.0 Å². The first-order valence-corrected chi connectivity index (χ1v) is 13.4. The molecule has 0 fully saturated rings. The summed E-state index contributed by atoms with van der Waals surface area (Å²) in [5.41, 5.74) is 5.18. The quantitative estimate of drug-likeness (QED) is 0.233. The molecular weight excluding hydrogens is 476 g/mol. The number of carbonyl (C=O) groups excluding carboxylic acids is 1. The number of amides is 2. The van der Waals surface area contributed by atoms with E-state index in [0.717, 1.165) is 38.3 Å². The molecule has 0 unspecified atom stereocenters. The van der Waals surface area contributed by atoms with Crippen LogP contribution in [-0.2, 0) is 13.0 Å². The third-order valence-corrected chi connectivity index (χ3v) is 7.46. The summed E-state index contributed by atoms with van der Waals surface area (Å²) in [7, 11) is 0. The SMILES string of the molecule is CSc1ccc(NC(=O)N(CCc2csc3nc(-c4ccc(C)cc4)cn23)Cc2ccco2)cc1. The number of hydrogen-bond acceptors (Lipinski definition) is 5. The minimum Gasteiger partial charge on any atom is -0.467 e. The summed E-state index contributed by atoms with van der Waals surface area (Å²) < 4.78 is 7.65. The van der Waals surface area contributed by atoms with E-state index >= 15 is 0 Å². The number of fused-ring (bicyclic) bond motifs is 1. The minimum absolute atomic E-state index is 0.157. The molecule has 0 spiro atoms. The zero-order chi connectivity index (χ0) is 24.2. The van der Waals surface area contributed by atoms with E-state index in [1.165, 1.54) is 5.56 Å². The molecule has 3 heterocycles. The summed E-state index contributed by atoms with van der Waals surface area (Å²) in [6.07, 6.45) is 6.44. The largest absolute Gasteiger partial charge is 0.467 e. The monoisotopic (exact) mass is 502 g/mol. The third-order valence-electron chi connectivity index (χ3n) is 5.82. The number of aromatic nitrogens is 2. The van der Waals surface area contributed by atoms with E-state index in [0.29, 0.717) is 19.5 Å². The Morgan fingerprint density at radius 1 is 1.14 bits per heavy atom. The summed E-state index contributed by atoms with van der Waals surface area (Å²) in [4.78, 5) is 21.9. The van der Waals surface area contributed by atoms with Gasteiger partial charge in [-0.15, -0.1) is 23.1 Å². The fraction of sp³-hybridized carbons (Fsp3) is 0.185. The van der Waals surface area contributed by atoms with Crippen molar-refractivity contribution in [3.05, 3.63) is 95.5 Å². The van der Waals surface area contributed by atoms with Gasteiger partial charge in [0.1, 0.15) is 5.76 Å². The first-order chi connectivity index (χ1) is 17.1. The van der Waals surface area contributed by atoms with Gasteiger partial charge in [-0.1, -0.05) is 29.8 Å². The van der Waals surface area contributed by atoms with Gasteiger partial charge in [-0.3, -0.25) is 4.40 Å². The standard InChI is InChI=1S/C27H26N4O2S2/c1-19-5-7-20(8-6-19)25-17-31-22(18-35-27(31)29-25)13-14-30(16-23-4-3-15-33-23)26(32)28-21-9-11-24(34-2)12-10-21/h3-12,15,17-18H,13-14,16H2,1-2H3,(H,28,32). The Kier molecular flexibility index (Phi) is 6.92. The highest BCUT2D eigenvalue weighted by Crippen LogP contribution is 2.25. The Bertz CT molecular complexity index is 1400. The van der Waals surface area contributed by atoms with Crippen LogP contribution in [0.15, 0.2) is 87.8 Å². The van der Waals surface area contributed by atoms with E-state index < -0.39 is 0 Å². The third kappa shape index (κ3) is 5.44. The van der Waals surface area contributed by atoms with Gasteiger partial charge in [0, 0.05) is 46.4 Å². The lowest BCUT2D eigenvalue weighted by molar-refractivity contribution is 0.204. The minimum atomic E-state index is -0.157. The summed E-state index contributed by atoms with van der Waals surface area (Å²) in [5.74, 6) is 0.748. The molecule has 8 heteroatoms. The lowest BCUT2D eigenvalue weighted by atomic mass is 10.1. The van der Waals surface area contributed by atoms with E-state index in [4.69, 9.17) is 9.40 Å². The number of anilines is 1. The average Bonchev–Trinajstić information content (AvgIpc) is 3.61. The van der Waals surface area contributed by atoms with E-state index in [-0.39, 0.29) is 6.03 Å². The molecule has 0 atom stereocenters. The maximum Gasteiger partial charge on any atom is 0.322 e. The van der Waals surface area contributed by atoms with Crippen molar-refractivity contribution in [3.8, 4) is 11.3 Å². The number of carbonyl (C=O) groups is 1. The van der Waals surface area contributed by atoms with Gasteiger partial charge in [0.25, 0.3) is 0 Å². The van der Waals surface area contributed by atoms with Crippen LogP contribution in [0.5, 0.6) is 0 Å². The predicted octanol–water partition coefficient (Wildman–Crippen LogP) is 6.96. The van der Waals surface area contributed by atoms with Crippen LogP contribution in [-0.4, -0.2) is 33.1 Å². The van der Waals surface area contributed by atoms with E-state index in [9.17, 15) is 4.79 Å². The molecule has 0 aliphatic carbocycles. The van der Waals surface area contributed by atoms with Crippen LogP contribution in [0, 0.1) is 6.92 Å². The van der Waals surface area contributed by atoms with Gasteiger partial charge in [0.05, 0.1) is 18.5 Å². The molecule has 0 saturated heterocycles.